The molecule has 1 atom stereocenters. The van der Waals surface area contributed by atoms with Gasteiger partial charge in [0.15, 0.2) is 0 Å². The number of hydrogen-bond donors (Lipinski definition) is 0. The largest absolute Gasteiger partial charge is 0.320 e. The molecule has 0 saturated heterocycles. The summed E-state index contributed by atoms with van der Waals surface area (Å²) in [4.78, 5) is 0. The first kappa shape index (κ1) is 29.2. The van der Waals surface area contributed by atoms with Gasteiger partial charge in [0, 0.05) is 5.56 Å². The molecule has 0 saturated carbocycles. The van der Waals surface area contributed by atoms with Gasteiger partial charge in [0.2, 0.25) is 0 Å². The second kappa shape index (κ2) is 20.8. The van der Waals surface area contributed by atoms with E-state index in [0.717, 1.165) is 0 Å². The Balaban J connectivity index is 2.50. The molecule has 0 aliphatic carbocycles. The van der Waals surface area contributed by atoms with Crippen molar-refractivity contribution in [1.29, 1.82) is 0 Å². The van der Waals surface area contributed by atoms with Crippen molar-refractivity contribution in [3.05, 3.63) is 35.9 Å². The van der Waals surface area contributed by atoms with Gasteiger partial charge in [0.05, 0.1) is 19.6 Å². The van der Waals surface area contributed by atoms with Crippen LogP contribution in [0.25, 0.3) is 0 Å². The summed E-state index contributed by atoms with van der Waals surface area (Å²) >= 11 is 0. The molecule has 186 valence electrons. The fourth-order valence-electron chi connectivity index (χ4n) is 5.20. The maximum Gasteiger partial charge on any atom is 0.104 e. The third-order valence-corrected chi connectivity index (χ3v) is 7.32. The standard InChI is InChI=1S/C31H58N/c1-4-7-10-12-14-15-16-17-19-24-29-32(27-9-6-3,28-23-18-13-11-8-5-2)30-31-25-21-20-22-26-31/h20-22,25-26H,4-19,23-24,27-30H2,1-3H3/q+1. The summed E-state index contributed by atoms with van der Waals surface area (Å²) in [5.41, 5.74) is 1.54. The third kappa shape index (κ3) is 15.1. The molecule has 1 unspecified atom stereocenters. The van der Waals surface area contributed by atoms with E-state index < -0.39 is 0 Å². The van der Waals surface area contributed by atoms with Crippen LogP contribution in [0.4, 0.5) is 0 Å². The van der Waals surface area contributed by atoms with Crippen molar-refractivity contribution in [1.82, 2.24) is 0 Å². The minimum Gasteiger partial charge on any atom is -0.320 e. The van der Waals surface area contributed by atoms with Crippen molar-refractivity contribution in [3.8, 4) is 0 Å². The Morgan fingerprint density at radius 2 is 0.812 bits per heavy atom. The molecule has 0 N–H and O–H groups in total. The average molecular weight is 445 g/mol. The van der Waals surface area contributed by atoms with Crippen LogP contribution in [-0.4, -0.2) is 24.1 Å². The zero-order valence-electron chi connectivity index (χ0n) is 22.4. The van der Waals surface area contributed by atoms with Gasteiger partial charge < -0.3 is 4.48 Å². The Morgan fingerprint density at radius 1 is 0.438 bits per heavy atom. The molecule has 0 heterocycles. The lowest BCUT2D eigenvalue weighted by atomic mass is 10.0. The van der Waals surface area contributed by atoms with Crippen molar-refractivity contribution >= 4 is 0 Å². The number of benzene rings is 1. The van der Waals surface area contributed by atoms with Crippen molar-refractivity contribution < 1.29 is 4.48 Å². The number of nitrogens with zero attached hydrogens (tertiary/aromatic N) is 1. The van der Waals surface area contributed by atoms with Crippen molar-refractivity contribution in [2.24, 2.45) is 0 Å². The number of quaternary nitrogens is 1. The van der Waals surface area contributed by atoms with Gasteiger partial charge in [-0.15, -0.1) is 0 Å². The predicted molar refractivity (Wildman–Crippen MR) is 145 cm³/mol. The lowest BCUT2D eigenvalue weighted by Crippen LogP contribution is -2.49. The van der Waals surface area contributed by atoms with Crippen LogP contribution in [0, 0.1) is 0 Å². The van der Waals surface area contributed by atoms with Crippen LogP contribution >= 0.6 is 0 Å². The van der Waals surface area contributed by atoms with Crippen LogP contribution in [0.5, 0.6) is 0 Å². The van der Waals surface area contributed by atoms with Crippen LogP contribution in [0.1, 0.15) is 142 Å². The number of unbranched alkanes of at least 4 members (excludes halogenated alkanes) is 15. The van der Waals surface area contributed by atoms with E-state index in [4.69, 9.17) is 0 Å². The molecule has 0 aliphatic heterocycles. The van der Waals surface area contributed by atoms with Crippen LogP contribution in [-0.2, 0) is 6.54 Å². The SMILES string of the molecule is CCCCCCCCCCCC[N+](CCCC)(CCCCCCCC)Cc1ccccc1. The van der Waals surface area contributed by atoms with E-state index in [2.05, 4.69) is 51.1 Å². The highest BCUT2D eigenvalue weighted by atomic mass is 15.3. The molecular formula is C31H58N+. The van der Waals surface area contributed by atoms with E-state index in [1.54, 1.807) is 5.56 Å². The predicted octanol–water partition coefficient (Wildman–Crippen LogP) is 10.1. The zero-order chi connectivity index (χ0) is 23.2. The molecule has 0 fully saturated rings. The maximum absolute atomic E-state index is 2.36. The first-order valence-corrected chi connectivity index (χ1v) is 14.7. The van der Waals surface area contributed by atoms with Crippen LogP contribution in [0.15, 0.2) is 30.3 Å². The summed E-state index contributed by atoms with van der Waals surface area (Å²) in [6, 6.07) is 11.3. The smallest absolute Gasteiger partial charge is 0.104 e. The van der Waals surface area contributed by atoms with E-state index in [9.17, 15) is 0 Å². The van der Waals surface area contributed by atoms with Crippen molar-refractivity contribution in [3.63, 3.8) is 0 Å². The summed E-state index contributed by atoms with van der Waals surface area (Å²) < 4.78 is 1.34. The third-order valence-electron chi connectivity index (χ3n) is 7.32. The van der Waals surface area contributed by atoms with Crippen molar-refractivity contribution in [2.45, 2.75) is 143 Å². The molecule has 1 rings (SSSR count). The first-order valence-electron chi connectivity index (χ1n) is 14.7. The molecular weight excluding hydrogens is 386 g/mol. The number of hydrogen-bond acceptors (Lipinski definition) is 0. The van der Waals surface area contributed by atoms with Gasteiger partial charge in [-0.25, -0.2) is 0 Å². The van der Waals surface area contributed by atoms with Gasteiger partial charge in [-0.05, 0) is 32.1 Å². The highest BCUT2D eigenvalue weighted by Gasteiger charge is 2.26. The minimum absolute atomic E-state index is 1.24. The highest BCUT2D eigenvalue weighted by molar-refractivity contribution is 5.13. The maximum atomic E-state index is 2.36. The summed E-state index contributed by atoms with van der Waals surface area (Å²) in [7, 11) is 0. The van der Waals surface area contributed by atoms with Crippen LogP contribution in [0.2, 0.25) is 0 Å². The van der Waals surface area contributed by atoms with E-state index in [1.807, 2.05) is 0 Å². The molecule has 0 aliphatic rings. The molecule has 32 heavy (non-hydrogen) atoms. The van der Waals surface area contributed by atoms with Gasteiger partial charge >= 0.3 is 0 Å². The fraction of sp³-hybridized carbons (Fsp3) is 0.806. The Bertz CT molecular complexity index is 496. The van der Waals surface area contributed by atoms with E-state index >= 15 is 0 Å². The quantitative estimate of drug-likeness (QED) is 0.116. The lowest BCUT2D eigenvalue weighted by Gasteiger charge is -2.39. The minimum atomic E-state index is 1.24. The average Bonchev–Trinajstić information content (AvgIpc) is 2.82. The normalized spacial score (nSPS) is 13.3. The zero-order valence-corrected chi connectivity index (χ0v) is 22.4. The van der Waals surface area contributed by atoms with Gasteiger partial charge in [-0.2, -0.15) is 0 Å². The monoisotopic (exact) mass is 444 g/mol. The van der Waals surface area contributed by atoms with Crippen molar-refractivity contribution in [2.75, 3.05) is 19.6 Å². The summed E-state index contributed by atoms with van der Waals surface area (Å²) in [6.07, 6.45) is 25.6. The molecule has 0 spiro atoms. The Kier molecular flexibility index (Phi) is 19.0. The summed E-state index contributed by atoms with van der Waals surface area (Å²) in [5, 5.41) is 0. The van der Waals surface area contributed by atoms with E-state index in [-0.39, 0.29) is 0 Å². The van der Waals surface area contributed by atoms with Crippen LogP contribution in [0.3, 0.4) is 0 Å². The molecule has 0 aromatic heterocycles. The lowest BCUT2D eigenvalue weighted by molar-refractivity contribution is -0.941. The Morgan fingerprint density at radius 3 is 1.25 bits per heavy atom. The highest BCUT2D eigenvalue weighted by Crippen LogP contribution is 2.22. The second-order valence-electron chi connectivity index (χ2n) is 10.5. The molecule has 1 nitrogen and oxygen atoms in total. The summed E-state index contributed by atoms with van der Waals surface area (Å²) in [5.74, 6) is 0. The van der Waals surface area contributed by atoms with Gasteiger partial charge in [-0.1, -0.05) is 135 Å². The molecule has 1 aromatic rings. The topological polar surface area (TPSA) is 0 Å². The van der Waals surface area contributed by atoms with E-state index in [0.29, 0.717) is 0 Å². The molecule has 0 amide bonds. The molecule has 0 radical (unpaired) electrons. The van der Waals surface area contributed by atoms with Crippen LogP contribution < -0.4 is 0 Å². The van der Waals surface area contributed by atoms with Gasteiger partial charge in [0.1, 0.15) is 6.54 Å². The summed E-state index contributed by atoms with van der Waals surface area (Å²) in [6.45, 7) is 12.4. The molecule has 1 aromatic carbocycles. The first-order chi connectivity index (χ1) is 15.8. The van der Waals surface area contributed by atoms with E-state index in [1.165, 1.54) is 146 Å². The molecule has 1 heteroatoms. The fourth-order valence-corrected chi connectivity index (χ4v) is 5.20. The second-order valence-corrected chi connectivity index (χ2v) is 10.5. The molecule has 0 bridgehead atoms. The van der Waals surface area contributed by atoms with Gasteiger partial charge in [-0.3, -0.25) is 0 Å². The Labute approximate surface area is 203 Å². The number of rotatable bonds is 23. The Hall–Kier alpha value is -0.820. The van der Waals surface area contributed by atoms with Gasteiger partial charge in [0.25, 0.3) is 0 Å².